The lowest BCUT2D eigenvalue weighted by Crippen LogP contribution is -2.36. The second-order valence-electron chi connectivity index (χ2n) is 5.56. The van der Waals surface area contributed by atoms with Crippen LogP contribution in [0.4, 0.5) is 9.18 Å². The molecule has 6 heteroatoms. The van der Waals surface area contributed by atoms with E-state index in [-0.39, 0.29) is 23.0 Å². The quantitative estimate of drug-likeness (QED) is 0.770. The van der Waals surface area contributed by atoms with Crippen LogP contribution in [0.2, 0.25) is 0 Å². The third-order valence-electron chi connectivity index (χ3n) is 4.03. The number of hydrogen-bond donors (Lipinski definition) is 0. The number of imide groups is 1. The molecule has 1 aromatic carbocycles. The molecule has 1 fully saturated rings. The number of carbonyl (C=O) groups excluding carboxylic acids is 2. The van der Waals surface area contributed by atoms with Crippen LogP contribution in [0.5, 0.6) is 0 Å². The molecule has 2 aromatic rings. The van der Waals surface area contributed by atoms with Crippen molar-refractivity contribution in [3.63, 3.8) is 0 Å². The minimum Gasteiger partial charge on any atom is -0.314 e. The molecule has 1 aromatic heterocycles. The highest BCUT2D eigenvalue weighted by atomic mass is 32.2. The van der Waals surface area contributed by atoms with Crippen molar-refractivity contribution >= 4 is 29.0 Å². The van der Waals surface area contributed by atoms with Gasteiger partial charge in [-0.1, -0.05) is 19.1 Å². The van der Waals surface area contributed by atoms with Crippen LogP contribution in [0, 0.1) is 5.82 Å². The van der Waals surface area contributed by atoms with Crippen LogP contribution in [0.1, 0.15) is 26.0 Å². The molecule has 0 bridgehead atoms. The van der Waals surface area contributed by atoms with Crippen LogP contribution in [0.3, 0.4) is 0 Å². The number of thioether (sulfide) groups is 1. The third kappa shape index (κ3) is 2.89. The average Bonchev–Trinajstić information content (AvgIpc) is 3.12. The molecule has 1 unspecified atom stereocenters. The molecule has 1 atom stereocenters. The third-order valence-corrected chi connectivity index (χ3v) is 4.91. The van der Waals surface area contributed by atoms with E-state index in [9.17, 15) is 14.0 Å². The zero-order valence-corrected chi connectivity index (χ0v) is 14.2. The van der Waals surface area contributed by atoms with E-state index in [1.165, 1.54) is 11.0 Å². The van der Waals surface area contributed by atoms with Crippen molar-refractivity contribution < 1.29 is 14.0 Å². The summed E-state index contributed by atoms with van der Waals surface area (Å²) in [5.74, 6) is -0.642. The zero-order chi connectivity index (χ0) is 17.3. The van der Waals surface area contributed by atoms with Crippen LogP contribution >= 0.6 is 11.8 Å². The number of aromatic nitrogens is 1. The Morgan fingerprint density at radius 3 is 2.67 bits per heavy atom. The van der Waals surface area contributed by atoms with E-state index in [1.54, 1.807) is 47.2 Å². The molecule has 1 aliphatic heterocycles. The normalized spacial score (nSPS) is 17.8. The predicted octanol–water partition coefficient (Wildman–Crippen LogP) is 4.45. The summed E-state index contributed by atoms with van der Waals surface area (Å²) >= 11 is 0.923. The molecular weight excluding hydrogens is 327 g/mol. The molecule has 0 aliphatic carbocycles. The molecular formula is C18H17FN2O2S. The summed E-state index contributed by atoms with van der Waals surface area (Å²) in [6.45, 7) is 3.78. The molecule has 1 aliphatic rings. The van der Waals surface area contributed by atoms with Gasteiger partial charge in [0, 0.05) is 17.9 Å². The highest BCUT2D eigenvalue weighted by Crippen LogP contribution is 2.34. The van der Waals surface area contributed by atoms with Gasteiger partial charge < -0.3 is 4.57 Å². The van der Waals surface area contributed by atoms with Crippen LogP contribution in [0.15, 0.2) is 47.5 Å². The predicted molar refractivity (Wildman–Crippen MR) is 93.3 cm³/mol. The summed E-state index contributed by atoms with van der Waals surface area (Å²) < 4.78 is 15.7. The van der Waals surface area contributed by atoms with Crippen molar-refractivity contribution in [1.82, 2.24) is 9.47 Å². The van der Waals surface area contributed by atoms with Crippen LogP contribution < -0.4 is 0 Å². The van der Waals surface area contributed by atoms with Crippen LogP contribution in [-0.2, 0) is 4.79 Å². The number of benzene rings is 1. The van der Waals surface area contributed by atoms with Gasteiger partial charge in [-0.25, -0.2) is 4.39 Å². The maximum atomic E-state index is 14.0. The Morgan fingerprint density at radius 1 is 1.21 bits per heavy atom. The Balaban J connectivity index is 1.97. The molecule has 2 amide bonds. The monoisotopic (exact) mass is 344 g/mol. The van der Waals surface area contributed by atoms with Gasteiger partial charge in [0.25, 0.3) is 11.1 Å². The van der Waals surface area contributed by atoms with E-state index in [0.717, 1.165) is 11.8 Å². The van der Waals surface area contributed by atoms with Crippen molar-refractivity contribution in [1.29, 1.82) is 0 Å². The lowest BCUT2D eigenvalue weighted by molar-refractivity contribution is -0.124. The van der Waals surface area contributed by atoms with Gasteiger partial charge in [0.15, 0.2) is 0 Å². The molecule has 124 valence electrons. The number of carbonyl (C=O) groups is 2. The topological polar surface area (TPSA) is 42.3 Å². The standard InChI is InChI=1S/C18H17FN2O2S/c1-3-12(2)21-17(22)16(24-18(21)23)11-13-7-6-10-20(13)15-9-5-4-8-14(15)19/h4-12H,3H2,1-2H3. The van der Waals surface area contributed by atoms with Crippen molar-refractivity contribution in [2.45, 2.75) is 26.3 Å². The maximum Gasteiger partial charge on any atom is 0.293 e. The van der Waals surface area contributed by atoms with Gasteiger partial charge in [-0.15, -0.1) is 0 Å². The molecule has 3 rings (SSSR count). The van der Waals surface area contributed by atoms with E-state index in [1.807, 2.05) is 13.8 Å². The zero-order valence-electron chi connectivity index (χ0n) is 13.4. The molecule has 1 saturated heterocycles. The van der Waals surface area contributed by atoms with E-state index >= 15 is 0 Å². The summed E-state index contributed by atoms with van der Waals surface area (Å²) in [5, 5.41) is -0.260. The molecule has 4 nitrogen and oxygen atoms in total. The Labute approximate surface area is 144 Å². The summed E-state index contributed by atoms with van der Waals surface area (Å²) in [6.07, 6.45) is 4.07. The maximum absolute atomic E-state index is 14.0. The SMILES string of the molecule is CCC(C)N1C(=O)SC(=Cc2cccn2-c2ccccc2F)C1=O. The van der Waals surface area contributed by atoms with E-state index in [0.29, 0.717) is 22.7 Å². The molecule has 0 spiro atoms. The van der Waals surface area contributed by atoms with Crippen molar-refractivity contribution in [2.75, 3.05) is 0 Å². The van der Waals surface area contributed by atoms with Crippen LogP contribution in [-0.4, -0.2) is 26.7 Å². The second kappa shape index (κ2) is 6.65. The van der Waals surface area contributed by atoms with Gasteiger partial charge in [0.05, 0.1) is 10.6 Å². The fourth-order valence-corrected chi connectivity index (χ4v) is 3.47. The van der Waals surface area contributed by atoms with Gasteiger partial charge >= 0.3 is 0 Å². The highest BCUT2D eigenvalue weighted by Gasteiger charge is 2.37. The van der Waals surface area contributed by atoms with E-state index in [4.69, 9.17) is 0 Å². The van der Waals surface area contributed by atoms with Gasteiger partial charge in [-0.05, 0) is 55.4 Å². The number of hydrogen-bond acceptors (Lipinski definition) is 3. The lowest BCUT2D eigenvalue weighted by atomic mass is 10.2. The first-order valence-corrected chi connectivity index (χ1v) is 8.54. The summed E-state index contributed by atoms with van der Waals surface area (Å²) in [5.41, 5.74) is 1.05. The Bertz CT molecular complexity index is 828. The van der Waals surface area contributed by atoms with Gasteiger partial charge in [0.1, 0.15) is 5.82 Å². The first-order valence-electron chi connectivity index (χ1n) is 7.72. The summed E-state index contributed by atoms with van der Waals surface area (Å²) in [7, 11) is 0. The van der Waals surface area contributed by atoms with E-state index in [2.05, 4.69) is 0 Å². The highest BCUT2D eigenvalue weighted by molar-refractivity contribution is 8.18. The van der Waals surface area contributed by atoms with E-state index < -0.39 is 0 Å². The molecule has 24 heavy (non-hydrogen) atoms. The Hall–Kier alpha value is -2.34. The number of halogens is 1. The van der Waals surface area contributed by atoms with Gasteiger partial charge in [-0.3, -0.25) is 14.5 Å². The first kappa shape index (κ1) is 16.5. The molecule has 2 heterocycles. The van der Waals surface area contributed by atoms with Crippen LogP contribution in [0.25, 0.3) is 11.8 Å². The van der Waals surface area contributed by atoms with Crippen molar-refractivity contribution in [2.24, 2.45) is 0 Å². The lowest BCUT2D eigenvalue weighted by Gasteiger charge is -2.19. The van der Waals surface area contributed by atoms with Crippen molar-refractivity contribution in [3.05, 3.63) is 59.0 Å². The summed E-state index contributed by atoms with van der Waals surface area (Å²) in [6, 6.07) is 9.84. The largest absolute Gasteiger partial charge is 0.314 e. The minimum atomic E-state index is -0.351. The fourth-order valence-electron chi connectivity index (χ4n) is 2.55. The molecule has 0 radical (unpaired) electrons. The van der Waals surface area contributed by atoms with Gasteiger partial charge in [0.2, 0.25) is 0 Å². The number of para-hydroxylation sites is 1. The van der Waals surface area contributed by atoms with Gasteiger partial charge in [-0.2, -0.15) is 0 Å². The number of nitrogens with zero attached hydrogens (tertiary/aromatic N) is 2. The first-order chi connectivity index (χ1) is 11.5. The fraction of sp³-hybridized carbons (Fsp3) is 0.222. The Morgan fingerprint density at radius 2 is 1.96 bits per heavy atom. The van der Waals surface area contributed by atoms with Crippen molar-refractivity contribution in [3.8, 4) is 5.69 Å². The summed E-state index contributed by atoms with van der Waals surface area (Å²) in [4.78, 5) is 26.2. The minimum absolute atomic E-state index is 0.137. The molecule has 0 saturated carbocycles. The number of rotatable bonds is 4. The Kier molecular flexibility index (Phi) is 4.57. The average molecular weight is 344 g/mol. The number of amides is 2. The molecule has 0 N–H and O–H groups in total. The second-order valence-corrected chi connectivity index (χ2v) is 6.56. The smallest absolute Gasteiger partial charge is 0.293 e.